The molecule has 0 aliphatic carbocycles. The summed E-state index contributed by atoms with van der Waals surface area (Å²) in [6, 6.07) is 8.11. The average Bonchev–Trinajstić information content (AvgIpc) is 3.03. The quantitative estimate of drug-likeness (QED) is 0.797. The van der Waals surface area contributed by atoms with Gasteiger partial charge in [-0.05, 0) is 60.4 Å². The Morgan fingerprint density at radius 3 is 2.72 bits per heavy atom. The zero-order valence-corrected chi connectivity index (χ0v) is 15.9. The Balaban J connectivity index is 2.08. The van der Waals surface area contributed by atoms with Gasteiger partial charge in [0.25, 0.3) is 0 Å². The summed E-state index contributed by atoms with van der Waals surface area (Å²) in [5.41, 5.74) is 2.29. The summed E-state index contributed by atoms with van der Waals surface area (Å²) in [7, 11) is 0. The third-order valence-corrected chi connectivity index (χ3v) is 5.21. The van der Waals surface area contributed by atoms with Crippen LogP contribution in [0.5, 0.6) is 0 Å². The molecule has 1 N–H and O–H groups in total. The molecule has 1 heterocycles. The second-order valence-corrected chi connectivity index (χ2v) is 7.39. The van der Waals surface area contributed by atoms with Crippen molar-refractivity contribution in [3.63, 3.8) is 0 Å². The molecule has 0 aliphatic heterocycles. The fourth-order valence-electron chi connectivity index (χ4n) is 2.05. The highest BCUT2D eigenvalue weighted by Crippen LogP contribution is 2.21. The molecule has 0 fully saturated rings. The summed E-state index contributed by atoms with van der Waals surface area (Å²) in [5.74, 6) is -0.0837. The Kier molecular flexibility index (Phi) is 5.80. The highest BCUT2D eigenvalue weighted by Gasteiger charge is 2.30. The van der Waals surface area contributed by atoms with Gasteiger partial charge < -0.3 is 5.32 Å². The van der Waals surface area contributed by atoms with Gasteiger partial charge in [-0.2, -0.15) is 9.94 Å². The first kappa shape index (κ1) is 18.9. The van der Waals surface area contributed by atoms with E-state index in [1.807, 2.05) is 45.9 Å². The Morgan fingerprint density at radius 2 is 2.12 bits per heavy atom. The SMILES string of the molecule is Cc1ccc(-n2nnnc2SCC(=O)N[C@@](C)(C#N)C(C)C)cc1C. The molecule has 8 heteroatoms. The second kappa shape index (κ2) is 7.66. The predicted molar refractivity (Wildman–Crippen MR) is 96.4 cm³/mol. The molecule has 0 aliphatic rings. The van der Waals surface area contributed by atoms with Crippen LogP contribution in [0.1, 0.15) is 31.9 Å². The normalized spacial score (nSPS) is 13.3. The molecular weight excluding hydrogens is 336 g/mol. The molecule has 0 saturated carbocycles. The van der Waals surface area contributed by atoms with Gasteiger partial charge in [0.05, 0.1) is 17.5 Å². The van der Waals surface area contributed by atoms with Crippen LogP contribution < -0.4 is 5.32 Å². The van der Waals surface area contributed by atoms with Gasteiger partial charge in [0.1, 0.15) is 5.54 Å². The van der Waals surface area contributed by atoms with E-state index < -0.39 is 5.54 Å². The van der Waals surface area contributed by atoms with Gasteiger partial charge in [0.15, 0.2) is 0 Å². The minimum atomic E-state index is -0.891. The third kappa shape index (κ3) is 4.37. The van der Waals surface area contributed by atoms with Crippen molar-refractivity contribution in [1.82, 2.24) is 25.5 Å². The molecule has 0 radical (unpaired) electrons. The molecule has 2 rings (SSSR count). The van der Waals surface area contributed by atoms with E-state index in [1.54, 1.807) is 11.6 Å². The number of thioether (sulfide) groups is 1. The summed E-state index contributed by atoms with van der Waals surface area (Å²) in [6.45, 7) is 9.59. The molecule has 0 saturated heterocycles. The van der Waals surface area contributed by atoms with Crippen molar-refractivity contribution in [3.8, 4) is 11.8 Å². The lowest BCUT2D eigenvalue weighted by Crippen LogP contribution is -2.49. The van der Waals surface area contributed by atoms with Gasteiger partial charge in [0.2, 0.25) is 11.1 Å². The van der Waals surface area contributed by atoms with Crippen LogP contribution in [0.4, 0.5) is 0 Å². The fraction of sp³-hybridized carbons (Fsp3) is 0.471. The largest absolute Gasteiger partial charge is 0.337 e. The molecule has 0 unspecified atom stereocenters. The number of rotatable bonds is 6. The lowest BCUT2D eigenvalue weighted by molar-refractivity contribution is -0.120. The summed E-state index contributed by atoms with van der Waals surface area (Å²) in [5, 5.41) is 24.3. The topological polar surface area (TPSA) is 96.5 Å². The molecule has 0 spiro atoms. The van der Waals surface area contributed by atoms with Gasteiger partial charge in [-0.3, -0.25) is 4.79 Å². The number of benzene rings is 1. The number of carbonyl (C=O) groups is 1. The molecule has 1 aromatic carbocycles. The molecule has 7 nitrogen and oxygen atoms in total. The fourth-order valence-corrected chi connectivity index (χ4v) is 2.74. The first-order valence-electron chi connectivity index (χ1n) is 7.98. The Bertz CT molecular complexity index is 810. The van der Waals surface area contributed by atoms with Crippen LogP contribution in [-0.2, 0) is 4.79 Å². The van der Waals surface area contributed by atoms with Crippen LogP contribution in [0.15, 0.2) is 23.4 Å². The van der Waals surface area contributed by atoms with Crippen molar-refractivity contribution < 1.29 is 4.79 Å². The highest BCUT2D eigenvalue weighted by molar-refractivity contribution is 7.99. The number of nitrogens with one attached hydrogen (secondary N) is 1. The standard InChI is InChI=1S/C17H22N6OS/c1-11(2)17(5,10-18)19-15(24)9-25-16-20-21-22-23(16)14-7-6-12(3)13(4)8-14/h6-8,11H,9H2,1-5H3,(H,19,24)/t17-/m0/s1. The number of carbonyl (C=O) groups excluding carboxylic acids is 1. The van der Waals surface area contributed by atoms with E-state index in [4.69, 9.17) is 0 Å². The van der Waals surface area contributed by atoms with Crippen LogP contribution >= 0.6 is 11.8 Å². The number of hydrogen-bond donors (Lipinski definition) is 1. The smallest absolute Gasteiger partial charge is 0.231 e. The molecule has 2 aromatic rings. The molecule has 132 valence electrons. The first-order valence-corrected chi connectivity index (χ1v) is 8.96. The number of nitriles is 1. The van der Waals surface area contributed by atoms with E-state index in [2.05, 4.69) is 26.9 Å². The van der Waals surface area contributed by atoms with Crippen molar-refractivity contribution in [3.05, 3.63) is 29.3 Å². The number of aryl methyl sites for hydroxylation is 2. The molecule has 0 bridgehead atoms. The minimum Gasteiger partial charge on any atom is -0.337 e. The average molecular weight is 358 g/mol. The Morgan fingerprint density at radius 1 is 1.40 bits per heavy atom. The van der Waals surface area contributed by atoms with E-state index in [1.165, 1.54) is 17.3 Å². The van der Waals surface area contributed by atoms with E-state index in [9.17, 15) is 10.1 Å². The molecule has 1 atom stereocenters. The van der Waals surface area contributed by atoms with Crippen LogP contribution in [0.25, 0.3) is 5.69 Å². The van der Waals surface area contributed by atoms with E-state index in [-0.39, 0.29) is 17.6 Å². The van der Waals surface area contributed by atoms with Crippen molar-refractivity contribution in [1.29, 1.82) is 5.26 Å². The summed E-state index contributed by atoms with van der Waals surface area (Å²) < 4.78 is 1.61. The molecule has 1 amide bonds. The van der Waals surface area contributed by atoms with Crippen LogP contribution in [0.2, 0.25) is 0 Å². The van der Waals surface area contributed by atoms with Gasteiger partial charge in [-0.15, -0.1) is 5.10 Å². The molecule has 1 aromatic heterocycles. The maximum absolute atomic E-state index is 12.2. The Labute approximate surface area is 151 Å². The molecule has 25 heavy (non-hydrogen) atoms. The monoisotopic (exact) mass is 358 g/mol. The van der Waals surface area contributed by atoms with Crippen LogP contribution in [0.3, 0.4) is 0 Å². The number of aromatic nitrogens is 4. The highest BCUT2D eigenvalue weighted by atomic mass is 32.2. The van der Waals surface area contributed by atoms with Gasteiger partial charge in [0, 0.05) is 0 Å². The van der Waals surface area contributed by atoms with E-state index in [0.717, 1.165) is 11.3 Å². The summed E-state index contributed by atoms with van der Waals surface area (Å²) >= 11 is 1.24. The number of tetrazole rings is 1. The van der Waals surface area contributed by atoms with E-state index >= 15 is 0 Å². The van der Waals surface area contributed by atoms with Gasteiger partial charge in [-0.25, -0.2) is 0 Å². The van der Waals surface area contributed by atoms with Crippen molar-refractivity contribution in [2.75, 3.05) is 5.75 Å². The zero-order valence-electron chi connectivity index (χ0n) is 15.1. The van der Waals surface area contributed by atoms with Crippen molar-refractivity contribution in [2.24, 2.45) is 5.92 Å². The van der Waals surface area contributed by atoms with Crippen molar-refractivity contribution in [2.45, 2.75) is 45.3 Å². The summed E-state index contributed by atoms with van der Waals surface area (Å²) in [6.07, 6.45) is 0. The van der Waals surface area contributed by atoms with Crippen LogP contribution in [-0.4, -0.2) is 37.4 Å². The summed E-state index contributed by atoms with van der Waals surface area (Å²) in [4.78, 5) is 12.2. The number of hydrogen-bond acceptors (Lipinski definition) is 6. The maximum atomic E-state index is 12.2. The van der Waals surface area contributed by atoms with E-state index in [0.29, 0.717) is 5.16 Å². The Hall–Kier alpha value is -2.40. The zero-order chi connectivity index (χ0) is 18.6. The third-order valence-electron chi connectivity index (χ3n) is 4.29. The van der Waals surface area contributed by atoms with Crippen molar-refractivity contribution >= 4 is 17.7 Å². The van der Waals surface area contributed by atoms with Gasteiger partial charge in [-0.1, -0.05) is 31.7 Å². The second-order valence-electron chi connectivity index (χ2n) is 6.45. The molecular formula is C17H22N6OS. The minimum absolute atomic E-state index is 0.00676. The number of nitrogens with zero attached hydrogens (tertiary/aromatic N) is 5. The first-order chi connectivity index (χ1) is 11.8. The lowest BCUT2D eigenvalue weighted by atomic mass is 9.90. The lowest BCUT2D eigenvalue weighted by Gasteiger charge is -2.27. The predicted octanol–water partition coefficient (Wildman–Crippen LogP) is 2.43. The van der Waals surface area contributed by atoms with Gasteiger partial charge >= 0.3 is 0 Å². The van der Waals surface area contributed by atoms with Crippen LogP contribution in [0, 0.1) is 31.1 Å². The number of amides is 1. The maximum Gasteiger partial charge on any atom is 0.231 e.